The maximum absolute atomic E-state index is 11.6. The number of carbonyl (C=O) groups is 1. The lowest BCUT2D eigenvalue weighted by Crippen LogP contribution is -1.93. The standard InChI is InChI=1S/C27H19NO/c1-18(29)19-13-15-21(16-14-19)27-17-25(24-10-4-5-12-26(24)28-27)23-11-6-8-20-7-2-3-9-22(20)23/h2-17H,1H3. The number of Topliss-reactive ketones (excluding diaryl/α,β-unsaturated/α-hetero) is 1. The van der Waals surface area contributed by atoms with Gasteiger partial charge in [0.05, 0.1) is 11.2 Å². The predicted molar refractivity (Wildman–Crippen MR) is 120 cm³/mol. The van der Waals surface area contributed by atoms with Crippen molar-refractivity contribution in [2.24, 2.45) is 0 Å². The van der Waals surface area contributed by atoms with Crippen LogP contribution in [-0.2, 0) is 0 Å². The van der Waals surface area contributed by atoms with Crippen LogP contribution in [0, 0.1) is 0 Å². The van der Waals surface area contributed by atoms with Gasteiger partial charge in [-0.2, -0.15) is 0 Å². The van der Waals surface area contributed by atoms with Gasteiger partial charge in [0.15, 0.2) is 5.78 Å². The monoisotopic (exact) mass is 373 g/mol. The third kappa shape index (κ3) is 3.09. The maximum atomic E-state index is 11.6. The van der Waals surface area contributed by atoms with Gasteiger partial charge in [-0.25, -0.2) is 4.98 Å². The average molecular weight is 373 g/mol. The highest BCUT2D eigenvalue weighted by atomic mass is 16.1. The zero-order valence-electron chi connectivity index (χ0n) is 16.1. The highest BCUT2D eigenvalue weighted by molar-refractivity contribution is 6.05. The van der Waals surface area contributed by atoms with Crippen molar-refractivity contribution in [2.45, 2.75) is 6.92 Å². The molecule has 0 fully saturated rings. The van der Waals surface area contributed by atoms with E-state index < -0.39 is 0 Å². The van der Waals surface area contributed by atoms with E-state index in [4.69, 9.17) is 4.98 Å². The van der Waals surface area contributed by atoms with Crippen LogP contribution in [0.15, 0.2) is 97.1 Å². The lowest BCUT2D eigenvalue weighted by Gasteiger charge is -2.13. The molecular weight excluding hydrogens is 354 g/mol. The number of carbonyl (C=O) groups excluding carboxylic acids is 1. The van der Waals surface area contributed by atoms with Crippen molar-refractivity contribution in [1.82, 2.24) is 4.98 Å². The molecule has 2 nitrogen and oxygen atoms in total. The molecule has 0 aliphatic rings. The highest BCUT2D eigenvalue weighted by Crippen LogP contribution is 2.36. The Kier molecular flexibility index (Phi) is 4.18. The van der Waals surface area contributed by atoms with Gasteiger partial charge < -0.3 is 0 Å². The van der Waals surface area contributed by atoms with E-state index in [0.717, 1.165) is 27.7 Å². The van der Waals surface area contributed by atoms with Crippen molar-refractivity contribution in [3.05, 3.63) is 103 Å². The first-order valence-corrected chi connectivity index (χ1v) is 9.70. The number of fused-ring (bicyclic) bond motifs is 2. The van der Waals surface area contributed by atoms with Crippen LogP contribution in [0.3, 0.4) is 0 Å². The molecule has 1 aromatic heterocycles. The Morgan fingerprint density at radius 1 is 0.690 bits per heavy atom. The number of ketones is 1. The van der Waals surface area contributed by atoms with Crippen molar-refractivity contribution in [3.8, 4) is 22.4 Å². The minimum absolute atomic E-state index is 0.0689. The molecule has 0 amide bonds. The fourth-order valence-electron chi connectivity index (χ4n) is 3.88. The summed E-state index contributed by atoms with van der Waals surface area (Å²) < 4.78 is 0. The number of para-hydroxylation sites is 1. The zero-order valence-corrected chi connectivity index (χ0v) is 16.1. The Morgan fingerprint density at radius 2 is 1.38 bits per heavy atom. The van der Waals surface area contributed by atoms with Gasteiger partial charge in [-0.1, -0.05) is 84.9 Å². The van der Waals surface area contributed by atoms with Gasteiger partial charge in [0.1, 0.15) is 0 Å². The summed E-state index contributed by atoms with van der Waals surface area (Å²) in [5, 5.41) is 3.58. The molecule has 5 rings (SSSR count). The molecule has 0 unspecified atom stereocenters. The first-order valence-electron chi connectivity index (χ1n) is 9.70. The van der Waals surface area contributed by atoms with Crippen LogP contribution < -0.4 is 0 Å². The second-order valence-corrected chi connectivity index (χ2v) is 7.23. The molecule has 5 aromatic rings. The molecule has 0 atom stereocenters. The topological polar surface area (TPSA) is 30.0 Å². The van der Waals surface area contributed by atoms with Gasteiger partial charge in [0.25, 0.3) is 0 Å². The lowest BCUT2D eigenvalue weighted by molar-refractivity contribution is 0.101. The Labute approximate surface area is 169 Å². The summed E-state index contributed by atoms with van der Waals surface area (Å²) in [6.07, 6.45) is 0. The van der Waals surface area contributed by atoms with Gasteiger partial charge in [-0.05, 0) is 41.0 Å². The number of aromatic nitrogens is 1. The van der Waals surface area contributed by atoms with Crippen molar-refractivity contribution in [2.75, 3.05) is 0 Å². The second kappa shape index (κ2) is 6.99. The molecule has 0 saturated heterocycles. The molecule has 0 bridgehead atoms. The number of hydrogen-bond donors (Lipinski definition) is 0. The van der Waals surface area contributed by atoms with E-state index in [0.29, 0.717) is 5.56 Å². The van der Waals surface area contributed by atoms with Crippen molar-refractivity contribution < 1.29 is 4.79 Å². The summed E-state index contributed by atoms with van der Waals surface area (Å²) in [5.74, 6) is 0.0689. The minimum atomic E-state index is 0.0689. The normalized spacial score (nSPS) is 11.1. The maximum Gasteiger partial charge on any atom is 0.159 e. The van der Waals surface area contributed by atoms with Gasteiger partial charge in [-0.3, -0.25) is 4.79 Å². The summed E-state index contributed by atoms with van der Waals surface area (Å²) in [5.41, 5.74) is 5.94. The van der Waals surface area contributed by atoms with E-state index in [9.17, 15) is 4.79 Å². The van der Waals surface area contributed by atoms with Crippen LogP contribution in [0.2, 0.25) is 0 Å². The van der Waals surface area contributed by atoms with E-state index >= 15 is 0 Å². The molecule has 0 aliphatic carbocycles. The summed E-state index contributed by atoms with van der Waals surface area (Å²) in [6.45, 7) is 1.59. The van der Waals surface area contributed by atoms with Gasteiger partial charge in [0, 0.05) is 16.5 Å². The highest BCUT2D eigenvalue weighted by Gasteiger charge is 2.12. The molecule has 0 aliphatic heterocycles. The molecule has 138 valence electrons. The number of rotatable bonds is 3. The average Bonchev–Trinajstić information content (AvgIpc) is 2.78. The van der Waals surface area contributed by atoms with Crippen LogP contribution >= 0.6 is 0 Å². The van der Waals surface area contributed by atoms with Crippen LogP contribution in [-0.4, -0.2) is 10.8 Å². The number of benzene rings is 4. The van der Waals surface area contributed by atoms with Gasteiger partial charge in [0.2, 0.25) is 0 Å². The largest absolute Gasteiger partial charge is 0.295 e. The fraction of sp³-hybridized carbons (Fsp3) is 0.0370. The Balaban J connectivity index is 1.78. The first-order chi connectivity index (χ1) is 14.2. The molecule has 0 spiro atoms. The Hall–Kier alpha value is -3.78. The van der Waals surface area contributed by atoms with E-state index in [1.54, 1.807) is 6.92 Å². The predicted octanol–water partition coefficient (Wildman–Crippen LogP) is 6.92. The van der Waals surface area contributed by atoms with Crippen molar-refractivity contribution >= 4 is 27.5 Å². The molecule has 0 radical (unpaired) electrons. The van der Waals surface area contributed by atoms with E-state index in [1.165, 1.54) is 16.3 Å². The lowest BCUT2D eigenvalue weighted by atomic mass is 9.94. The van der Waals surface area contributed by atoms with E-state index in [-0.39, 0.29) is 5.78 Å². The molecular formula is C27H19NO. The number of pyridine rings is 1. The molecule has 0 saturated carbocycles. The minimum Gasteiger partial charge on any atom is -0.295 e. The second-order valence-electron chi connectivity index (χ2n) is 7.23. The van der Waals surface area contributed by atoms with Crippen LogP contribution in [0.4, 0.5) is 0 Å². The van der Waals surface area contributed by atoms with Crippen LogP contribution in [0.1, 0.15) is 17.3 Å². The van der Waals surface area contributed by atoms with Gasteiger partial charge >= 0.3 is 0 Å². The third-order valence-electron chi connectivity index (χ3n) is 5.38. The van der Waals surface area contributed by atoms with E-state index in [2.05, 4.69) is 66.7 Å². The summed E-state index contributed by atoms with van der Waals surface area (Å²) in [7, 11) is 0. The smallest absolute Gasteiger partial charge is 0.159 e. The number of hydrogen-bond acceptors (Lipinski definition) is 2. The van der Waals surface area contributed by atoms with Crippen LogP contribution in [0.25, 0.3) is 44.1 Å². The zero-order chi connectivity index (χ0) is 19.8. The quantitative estimate of drug-likeness (QED) is 0.321. The summed E-state index contributed by atoms with van der Waals surface area (Å²) in [4.78, 5) is 16.5. The van der Waals surface area contributed by atoms with Crippen molar-refractivity contribution in [1.29, 1.82) is 0 Å². The Bertz CT molecular complexity index is 1360. The molecule has 1 heterocycles. The Morgan fingerprint density at radius 3 is 2.17 bits per heavy atom. The third-order valence-corrected chi connectivity index (χ3v) is 5.38. The van der Waals surface area contributed by atoms with Crippen LogP contribution in [0.5, 0.6) is 0 Å². The van der Waals surface area contributed by atoms with E-state index in [1.807, 2.05) is 30.3 Å². The van der Waals surface area contributed by atoms with Gasteiger partial charge in [-0.15, -0.1) is 0 Å². The summed E-state index contributed by atoms with van der Waals surface area (Å²) in [6, 6.07) is 33.0. The number of nitrogens with zero attached hydrogens (tertiary/aromatic N) is 1. The summed E-state index contributed by atoms with van der Waals surface area (Å²) >= 11 is 0. The molecule has 2 heteroatoms. The molecule has 4 aromatic carbocycles. The molecule has 29 heavy (non-hydrogen) atoms. The van der Waals surface area contributed by atoms with Crippen molar-refractivity contribution in [3.63, 3.8) is 0 Å². The molecule has 0 N–H and O–H groups in total. The first kappa shape index (κ1) is 17.3. The fourth-order valence-corrected chi connectivity index (χ4v) is 3.88. The SMILES string of the molecule is CC(=O)c1ccc(-c2cc(-c3cccc4ccccc34)c3ccccc3n2)cc1.